The molecule has 1 amide bonds. The van der Waals surface area contributed by atoms with Gasteiger partial charge in [0.25, 0.3) is 5.91 Å². The van der Waals surface area contributed by atoms with Gasteiger partial charge in [0.15, 0.2) is 0 Å². The SMILES string of the molecule is CCOc1ccc(C(=O)NCCc2ccccc2OC)cc1. The van der Waals surface area contributed by atoms with E-state index in [-0.39, 0.29) is 5.91 Å². The number of hydrogen-bond acceptors (Lipinski definition) is 3. The van der Waals surface area contributed by atoms with Gasteiger partial charge in [-0.15, -0.1) is 0 Å². The molecule has 0 heterocycles. The van der Waals surface area contributed by atoms with Crippen molar-refractivity contribution in [3.05, 3.63) is 59.7 Å². The van der Waals surface area contributed by atoms with Crippen molar-refractivity contribution in [2.24, 2.45) is 0 Å². The zero-order valence-corrected chi connectivity index (χ0v) is 13.0. The van der Waals surface area contributed by atoms with E-state index in [4.69, 9.17) is 9.47 Å². The first-order chi connectivity index (χ1) is 10.7. The van der Waals surface area contributed by atoms with Crippen LogP contribution in [0.4, 0.5) is 0 Å². The molecule has 4 nitrogen and oxygen atoms in total. The van der Waals surface area contributed by atoms with Crippen LogP contribution in [0.15, 0.2) is 48.5 Å². The maximum absolute atomic E-state index is 12.1. The molecule has 2 rings (SSSR count). The van der Waals surface area contributed by atoms with Crippen molar-refractivity contribution in [1.82, 2.24) is 5.32 Å². The Morgan fingerprint density at radius 3 is 2.50 bits per heavy atom. The third-order valence-electron chi connectivity index (χ3n) is 3.30. The van der Waals surface area contributed by atoms with Gasteiger partial charge in [-0.05, 0) is 49.2 Å². The number of amides is 1. The average Bonchev–Trinajstić information content (AvgIpc) is 2.56. The number of nitrogens with one attached hydrogen (secondary N) is 1. The molecule has 0 spiro atoms. The van der Waals surface area contributed by atoms with Crippen molar-refractivity contribution in [3.8, 4) is 11.5 Å². The summed E-state index contributed by atoms with van der Waals surface area (Å²) in [6.07, 6.45) is 0.729. The topological polar surface area (TPSA) is 47.6 Å². The summed E-state index contributed by atoms with van der Waals surface area (Å²) in [7, 11) is 1.65. The lowest BCUT2D eigenvalue weighted by Crippen LogP contribution is -2.25. The highest BCUT2D eigenvalue weighted by atomic mass is 16.5. The van der Waals surface area contributed by atoms with Crippen molar-refractivity contribution in [2.75, 3.05) is 20.3 Å². The van der Waals surface area contributed by atoms with Gasteiger partial charge in [0.2, 0.25) is 0 Å². The second-order valence-corrected chi connectivity index (χ2v) is 4.78. The van der Waals surface area contributed by atoms with E-state index in [1.54, 1.807) is 31.4 Å². The number of carbonyl (C=O) groups excluding carboxylic acids is 1. The second kappa shape index (κ2) is 8.08. The molecular weight excluding hydrogens is 278 g/mol. The normalized spacial score (nSPS) is 10.1. The van der Waals surface area contributed by atoms with Crippen molar-refractivity contribution in [2.45, 2.75) is 13.3 Å². The van der Waals surface area contributed by atoms with Crippen LogP contribution in [0.3, 0.4) is 0 Å². The maximum atomic E-state index is 12.1. The molecule has 0 atom stereocenters. The molecule has 0 saturated carbocycles. The summed E-state index contributed by atoms with van der Waals surface area (Å²) in [6.45, 7) is 3.11. The average molecular weight is 299 g/mol. The number of para-hydroxylation sites is 1. The first kappa shape index (κ1) is 15.9. The van der Waals surface area contributed by atoms with Gasteiger partial charge in [0.05, 0.1) is 13.7 Å². The Labute approximate surface area is 131 Å². The zero-order valence-electron chi connectivity index (χ0n) is 13.0. The van der Waals surface area contributed by atoms with Gasteiger partial charge >= 0.3 is 0 Å². The number of rotatable bonds is 7. The van der Waals surface area contributed by atoms with Crippen molar-refractivity contribution < 1.29 is 14.3 Å². The second-order valence-electron chi connectivity index (χ2n) is 4.78. The van der Waals surface area contributed by atoms with E-state index in [1.165, 1.54) is 0 Å². The summed E-state index contributed by atoms with van der Waals surface area (Å²) in [5.41, 5.74) is 1.71. The quantitative estimate of drug-likeness (QED) is 0.854. The van der Waals surface area contributed by atoms with Crippen molar-refractivity contribution in [3.63, 3.8) is 0 Å². The molecule has 0 aliphatic rings. The smallest absolute Gasteiger partial charge is 0.251 e. The van der Waals surface area contributed by atoms with Gasteiger partial charge in [0, 0.05) is 12.1 Å². The fourth-order valence-electron chi connectivity index (χ4n) is 2.19. The molecule has 0 fully saturated rings. The van der Waals surface area contributed by atoms with Gasteiger partial charge in [-0.25, -0.2) is 0 Å². The lowest BCUT2D eigenvalue weighted by molar-refractivity contribution is 0.0954. The van der Waals surface area contributed by atoms with E-state index in [1.807, 2.05) is 31.2 Å². The highest BCUT2D eigenvalue weighted by Gasteiger charge is 2.06. The molecule has 0 saturated heterocycles. The lowest BCUT2D eigenvalue weighted by atomic mass is 10.1. The molecule has 0 aromatic heterocycles. The highest BCUT2D eigenvalue weighted by molar-refractivity contribution is 5.94. The van der Waals surface area contributed by atoms with Crippen molar-refractivity contribution >= 4 is 5.91 Å². The molecule has 0 radical (unpaired) electrons. The first-order valence-corrected chi connectivity index (χ1v) is 7.37. The highest BCUT2D eigenvalue weighted by Crippen LogP contribution is 2.17. The fraction of sp³-hybridized carbons (Fsp3) is 0.278. The molecule has 0 aliphatic heterocycles. The largest absolute Gasteiger partial charge is 0.496 e. The first-order valence-electron chi connectivity index (χ1n) is 7.37. The molecule has 4 heteroatoms. The van der Waals surface area contributed by atoms with E-state index in [0.717, 1.165) is 23.5 Å². The van der Waals surface area contributed by atoms with Crippen molar-refractivity contribution in [1.29, 1.82) is 0 Å². The van der Waals surface area contributed by atoms with Crippen LogP contribution in [0.2, 0.25) is 0 Å². The fourth-order valence-corrected chi connectivity index (χ4v) is 2.19. The third-order valence-corrected chi connectivity index (χ3v) is 3.30. The van der Waals surface area contributed by atoms with Gasteiger partial charge in [-0.3, -0.25) is 4.79 Å². The Morgan fingerprint density at radius 1 is 1.09 bits per heavy atom. The van der Waals surface area contributed by atoms with Crippen LogP contribution in [-0.4, -0.2) is 26.2 Å². The third kappa shape index (κ3) is 4.25. The van der Waals surface area contributed by atoms with E-state index >= 15 is 0 Å². The predicted octanol–water partition coefficient (Wildman–Crippen LogP) is 3.07. The summed E-state index contributed by atoms with van der Waals surface area (Å²) in [5.74, 6) is 1.53. The minimum absolute atomic E-state index is 0.0852. The Hall–Kier alpha value is -2.49. The van der Waals surface area contributed by atoms with Crippen LogP contribution < -0.4 is 14.8 Å². The predicted molar refractivity (Wildman–Crippen MR) is 86.6 cm³/mol. The van der Waals surface area contributed by atoms with E-state index in [2.05, 4.69) is 5.32 Å². The lowest BCUT2D eigenvalue weighted by Gasteiger charge is -2.09. The molecule has 0 unspecified atom stereocenters. The summed E-state index contributed by atoms with van der Waals surface area (Å²) in [6, 6.07) is 15.0. The van der Waals surface area contributed by atoms with E-state index in [0.29, 0.717) is 18.7 Å². The van der Waals surface area contributed by atoms with Crippen LogP contribution in [0.5, 0.6) is 11.5 Å². The van der Waals surface area contributed by atoms with Crippen LogP contribution in [0, 0.1) is 0 Å². The number of carbonyl (C=O) groups is 1. The van der Waals surface area contributed by atoms with Crippen LogP contribution in [-0.2, 0) is 6.42 Å². The minimum Gasteiger partial charge on any atom is -0.496 e. The van der Waals surface area contributed by atoms with E-state index < -0.39 is 0 Å². The summed E-state index contributed by atoms with van der Waals surface area (Å²) >= 11 is 0. The van der Waals surface area contributed by atoms with Gasteiger partial charge in [0.1, 0.15) is 11.5 Å². The van der Waals surface area contributed by atoms with E-state index in [9.17, 15) is 4.79 Å². The Balaban J connectivity index is 1.87. The molecule has 0 aliphatic carbocycles. The minimum atomic E-state index is -0.0852. The standard InChI is InChI=1S/C18H21NO3/c1-3-22-16-10-8-15(9-11-16)18(20)19-13-12-14-6-4-5-7-17(14)21-2/h4-11H,3,12-13H2,1-2H3,(H,19,20). The number of ether oxygens (including phenoxy) is 2. The summed E-state index contributed by atoms with van der Waals surface area (Å²) in [5, 5.41) is 2.91. The number of benzene rings is 2. The zero-order chi connectivity index (χ0) is 15.8. The van der Waals surface area contributed by atoms with Gasteiger partial charge in [-0.1, -0.05) is 18.2 Å². The molecule has 2 aromatic rings. The van der Waals surface area contributed by atoms with Gasteiger partial charge in [-0.2, -0.15) is 0 Å². The number of methoxy groups -OCH3 is 1. The van der Waals surface area contributed by atoms with Crippen LogP contribution in [0.25, 0.3) is 0 Å². The molecular formula is C18H21NO3. The van der Waals surface area contributed by atoms with Crippen LogP contribution >= 0.6 is 0 Å². The maximum Gasteiger partial charge on any atom is 0.251 e. The summed E-state index contributed by atoms with van der Waals surface area (Å²) in [4.78, 5) is 12.1. The van der Waals surface area contributed by atoms with Gasteiger partial charge < -0.3 is 14.8 Å². The Morgan fingerprint density at radius 2 is 1.82 bits per heavy atom. The molecule has 22 heavy (non-hydrogen) atoms. The monoisotopic (exact) mass is 299 g/mol. The molecule has 116 valence electrons. The molecule has 1 N–H and O–H groups in total. The molecule has 2 aromatic carbocycles. The number of hydrogen-bond donors (Lipinski definition) is 1. The Bertz CT molecular complexity index is 608. The molecule has 0 bridgehead atoms. The summed E-state index contributed by atoms with van der Waals surface area (Å²) < 4.78 is 10.7. The van der Waals surface area contributed by atoms with Crippen LogP contribution in [0.1, 0.15) is 22.8 Å². The Kier molecular flexibility index (Phi) is 5.83.